The fourth-order valence-corrected chi connectivity index (χ4v) is 2.84. The van der Waals surface area contributed by atoms with E-state index in [4.69, 9.17) is 0 Å². The van der Waals surface area contributed by atoms with E-state index in [0.29, 0.717) is 17.9 Å². The average Bonchev–Trinajstić information content (AvgIpc) is 2.98. The minimum Gasteiger partial charge on any atom is -0.352 e. The second-order valence-corrected chi connectivity index (χ2v) is 6.05. The van der Waals surface area contributed by atoms with E-state index in [9.17, 15) is 14.9 Å². The van der Waals surface area contributed by atoms with Crippen LogP contribution in [0.1, 0.15) is 34.6 Å². The zero-order valence-electron chi connectivity index (χ0n) is 14.6. The summed E-state index contributed by atoms with van der Waals surface area (Å²) < 4.78 is 1.78. The molecule has 0 saturated heterocycles. The van der Waals surface area contributed by atoms with Crippen molar-refractivity contribution >= 4 is 22.7 Å². The quantitative estimate of drug-likeness (QED) is 0.720. The number of hydrogen-bond donors (Lipinski definition) is 1. The highest BCUT2D eigenvalue weighted by Gasteiger charge is 2.26. The summed E-state index contributed by atoms with van der Waals surface area (Å²) in [6, 6.07) is 16.5. The van der Waals surface area contributed by atoms with Crippen LogP contribution in [-0.2, 0) is 18.4 Å². The molecular weight excluding hydrogens is 328 g/mol. The normalized spacial score (nSPS) is 11.7. The molecule has 1 N–H and O–H groups in total. The summed E-state index contributed by atoms with van der Waals surface area (Å²) >= 11 is 0. The molecule has 0 aliphatic carbocycles. The number of para-hydroxylation sites is 2. The molecule has 1 amide bonds. The number of nitrogens with one attached hydrogen (secondary N) is 1. The topological polar surface area (TPSA) is 87.8 Å². The lowest BCUT2D eigenvalue weighted by atomic mass is 9.97. The van der Waals surface area contributed by atoms with Gasteiger partial charge in [0.25, 0.3) is 0 Å². The fraction of sp³-hybridized carbons (Fsp3) is 0.200. The molecule has 0 radical (unpaired) electrons. The lowest BCUT2D eigenvalue weighted by molar-refractivity contribution is -0.119. The molecule has 0 aliphatic rings. The molecule has 1 heterocycles. The number of rotatable bonds is 5. The van der Waals surface area contributed by atoms with Gasteiger partial charge in [0.1, 0.15) is 5.82 Å². The summed E-state index contributed by atoms with van der Waals surface area (Å²) in [5.74, 6) is -0.955. The third-order valence-electron chi connectivity index (χ3n) is 4.25. The minimum absolute atomic E-state index is 0.114. The first-order chi connectivity index (χ1) is 12.5. The summed E-state index contributed by atoms with van der Waals surface area (Å²) in [7, 11) is 1.80. The molecule has 0 aliphatic heterocycles. The number of hydrogen-bond acceptors (Lipinski definition) is 4. The lowest BCUT2D eigenvalue weighted by Gasteiger charge is -2.09. The smallest absolute Gasteiger partial charge is 0.217 e. The molecule has 6 heteroatoms. The van der Waals surface area contributed by atoms with Crippen LogP contribution in [0, 0.1) is 11.3 Å². The Bertz CT molecular complexity index is 1010. The highest BCUT2D eigenvalue weighted by molar-refractivity contribution is 6.02. The van der Waals surface area contributed by atoms with Crippen LogP contribution in [0.4, 0.5) is 0 Å². The van der Waals surface area contributed by atoms with Crippen LogP contribution in [-0.4, -0.2) is 21.2 Å². The number of carbonyl (C=O) groups is 2. The minimum atomic E-state index is -0.978. The number of nitriles is 1. The maximum Gasteiger partial charge on any atom is 0.217 e. The van der Waals surface area contributed by atoms with Crippen LogP contribution >= 0.6 is 0 Å². The van der Waals surface area contributed by atoms with Crippen molar-refractivity contribution in [1.82, 2.24) is 14.9 Å². The van der Waals surface area contributed by atoms with E-state index < -0.39 is 5.92 Å². The second kappa shape index (κ2) is 7.19. The molecule has 0 bridgehead atoms. The number of imidazole rings is 1. The maximum absolute atomic E-state index is 12.8. The van der Waals surface area contributed by atoms with Crippen molar-refractivity contribution in [3.8, 4) is 6.07 Å². The van der Waals surface area contributed by atoms with Gasteiger partial charge in [-0.15, -0.1) is 0 Å². The van der Waals surface area contributed by atoms with Crippen LogP contribution < -0.4 is 5.32 Å². The summed E-state index contributed by atoms with van der Waals surface area (Å²) in [5, 5.41) is 12.3. The largest absolute Gasteiger partial charge is 0.352 e. The molecule has 2 aromatic carbocycles. The van der Waals surface area contributed by atoms with Crippen LogP contribution in [0.25, 0.3) is 11.0 Å². The first-order valence-electron chi connectivity index (χ1n) is 8.20. The van der Waals surface area contributed by atoms with Crippen LogP contribution in [0.15, 0.2) is 48.5 Å². The standard InChI is InChI=1S/C20H18N4O2/c1-13(25)22-12-14-7-9-15(10-8-14)19(26)16(11-21)20-23-17-5-3-4-6-18(17)24(20)2/h3-10,16H,12H2,1-2H3,(H,22,25). The van der Waals surface area contributed by atoms with E-state index in [0.717, 1.165) is 16.6 Å². The molecular formula is C20H18N4O2. The lowest BCUT2D eigenvalue weighted by Crippen LogP contribution is -2.19. The van der Waals surface area contributed by atoms with Crippen molar-refractivity contribution in [3.63, 3.8) is 0 Å². The highest BCUT2D eigenvalue weighted by atomic mass is 16.1. The Morgan fingerprint density at radius 3 is 2.50 bits per heavy atom. The molecule has 26 heavy (non-hydrogen) atoms. The van der Waals surface area contributed by atoms with E-state index in [-0.39, 0.29) is 11.7 Å². The van der Waals surface area contributed by atoms with Gasteiger partial charge in [-0.2, -0.15) is 5.26 Å². The van der Waals surface area contributed by atoms with Crippen LogP contribution in [0.3, 0.4) is 0 Å². The number of aryl methyl sites for hydroxylation is 1. The summed E-state index contributed by atoms with van der Waals surface area (Å²) in [4.78, 5) is 28.3. The van der Waals surface area contributed by atoms with Gasteiger partial charge in [-0.1, -0.05) is 36.4 Å². The fourth-order valence-electron chi connectivity index (χ4n) is 2.84. The number of Topliss-reactive ketones (excluding diaryl/α,β-unsaturated/α-hetero) is 1. The maximum atomic E-state index is 12.8. The molecule has 3 rings (SSSR count). The Labute approximate surface area is 151 Å². The van der Waals surface area contributed by atoms with Gasteiger partial charge >= 0.3 is 0 Å². The molecule has 0 spiro atoms. The molecule has 6 nitrogen and oxygen atoms in total. The van der Waals surface area contributed by atoms with Crippen molar-refractivity contribution in [2.24, 2.45) is 7.05 Å². The number of aromatic nitrogens is 2. The van der Waals surface area contributed by atoms with Crippen molar-refractivity contribution < 1.29 is 9.59 Å². The van der Waals surface area contributed by atoms with Crippen molar-refractivity contribution in [3.05, 3.63) is 65.5 Å². The van der Waals surface area contributed by atoms with Crippen molar-refractivity contribution in [2.45, 2.75) is 19.4 Å². The van der Waals surface area contributed by atoms with Gasteiger partial charge in [-0.3, -0.25) is 9.59 Å². The Morgan fingerprint density at radius 2 is 1.88 bits per heavy atom. The second-order valence-electron chi connectivity index (χ2n) is 6.05. The molecule has 1 unspecified atom stereocenters. The molecule has 1 aromatic heterocycles. The average molecular weight is 346 g/mol. The number of nitrogens with zero attached hydrogens (tertiary/aromatic N) is 3. The van der Waals surface area contributed by atoms with Gasteiger partial charge in [-0.25, -0.2) is 4.98 Å². The Hall–Kier alpha value is -3.46. The molecule has 1 atom stereocenters. The van der Waals surface area contributed by atoms with E-state index >= 15 is 0 Å². The van der Waals surface area contributed by atoms with Gasteiger partial charge < -0.3 is 9.88 Å². The third-order valence-corrected chi connectivity index (χ3v) is 4.25. The number of fused-ring (bicyclic) bond motifs is 1. The predicted molar refractivity (Wildman–Crippen MR) is 97.4 cm³/mol. The summed E-state index contributed by atoms with van der Waals surface area (Å²) in [6.45, 7) is 1.85. The van der Waals surface area contributed by atoms with Gasteiger partial charge in [0.05, 0.1) is 17.1 Å². The monoisotopic (exact) mass is 346 g/mol. The zero-order chi connectivity index (χ0) is 18.7. The third kappa shape index (κ3) is 3.33. The molecule has 130 valence electrons. The van der Waals surface area contributed by atoms with Gasteiger partial charge in [0.15, 0.2) is 11.7 Å². The SMILES string of the molecule is CC(=O)NCc1ccc(C(=O)C(C#N)c2nc3ccccc3n2C)cc1. The number of ketones is 1. The first-order valence-corrected chi connectivity index (χ1v) is 8.20. The van der Waals surface area contributed by atoms with Gasteiger partial charge in [0, 0.05) is 26.1 Å². The van der Waals surface area contributed by atoms with E-state index in [1.165, 1.54) is 6.92 Å². The highest BCUT2D eigenvalue weighted by Crippen LogP contribution is 2.24. The summed E-state index contributed by atoms with van der Waals surface area (Å²) in [5.41, 5.74) is 2.95. The zero-order valence-corrected chi connectivity index (χ0v) is 14.6. The Morgan fingerprint density at radius 1 is 1.19 bits per heavy atom. The van der Waals surface area contributed by atoms with Crippen LogP contribution in [0.2, 0.25) is 0 Å². The van der Waals surface area contributed by atoms with E-state index in [1.54, 1.807) is 35.9 Å². The molecule has 0 saturated carbocycles. The van der Waals surface area contributed by atoms with Gasteiger partial charge in [0.2, 0.25) is 5.91 Å². The Balaban J connectivity index is 1.88. The molecule has 3 aromatic rings. The number of amides is 1. The van der Waals surface area contributed by atoms with E-state index in [2.05, 4.69) is 16.4 Å². The number of carbonyl (C=O) groups excluding carboxylic acids is 2. The molecule has 0 fully saturated rings. The van der Waals surface area contributed by atoms with Crippen molar-refractivity contribution in [2.75, 3.05) is 0 Å². The predicted octanol–water partition coefficient (Wildman–Crippen LogP) is 2.70. The van der Waals surface area contributed by atoms with Crippen molar-refractivity contribution in [1.29, 1.82) is 5.26 Å². The van der Waals surface area contributed by atoms with E-state index in [1.807, 2.05) is 24.3 Å². The summed E-state index contributed by atoms with van der Waals surface area (Å²) in [6.07, 6.45) is 0. The van der Waals surface area contributed by atoms with Crippen LogP contribution in [0.5, 0.6) is 0 Å². The Kier molecular flexibility index (Phi) is 4.81. The van der Waals surface area contributed by atoms with Gasteiger partial charge in [-0.05, 0) is 17.7 Å². The number of benzene rings is 2. The first kappa shape index (κ1) is 17.4.